The van der Waals surface area contributed by atoms with Crippen LogP contribution in [0, 0.1) is 5.92 Å². The van der Waals surface area contributed by atoms with Crippen molar-refractivity contribution in [1.82, 2.24) is 5.32 Å². The Hall–Kier alpha value is -1.69. The minimum Gasteiger partial charge on any atom is -0.480 e. The van der Waals surface area contributed by atoms with Crippen molar-refractivity contribution in [3.05, 3.63) is 21.9 Å². The fraction of sp³-hybridized carbons (Fsp3) is 0.462. The highest BCUT2D eigenvalue weighted by Crippen LogP contribution is 2.16. The second-order valence-electron chi connectivity index (χ2n) is 4.75. The zero-order chi connectivity index (χ0) is 14.6. The average Bonchev–Trinajstić information content (AvgIpc) is 2.76. The monoisotopic (exact) mass is 283 g/mol. The number of hydrogen-bond donors (Lipinski definition) is 2. The lowest BCUT2D eigenvalue weighted by atomic mass is 10.0. The molecule has 5 nitrogen and oxygen atoms in total. The first kappa shape index (κ1) is 15.4. The van der Waals surface area contributed by atoms with Gasteiger partial charge in [-0.15, -0.1) is 11.3 Å². The van der Waals surface area contributed by atoms with Gasteiger partial charge in [0.05, 0.1) is 4.88 Å². The van der Waals surface area contributed by atoms with Gasteiger partial charge < -0.3 is 10.4 Å². The summed E-state index contributed by atoms with van der Waals surface area (Å²) in [4.78, 5) is 34.4. The highest BCUT2D eigenvalue weighted by molar-refractivity contribution is 7.12. The maximum atomic E-state index is 11.9. The second kappa shape index (κ2) is 6.47. The molecule has 0 radical (unpaired) electrons. The van der Waals surface area contributed by atoms with E-state index in [1.54, 1.807) is 5.38 Å². The Morgan fingerprint density at radius 1 is 1.37 bits per heavy atom. The van der Waals surface area contributed by atoms with Gasteiger partial charge in [-0.3, -0.25) is 9.59 Å². The van der Waals surface area contributed by atoms with E-state index in [-0.39, 0.29) is 11.7 Å². The Bertz CT molecular complexity index is 493. The molecule has 1 aromatic rings. The highest BCUT2D eigenvalue weighted by Gasteiger charge is 2.22. The highest BCUT2D eigenvalue weighted by atomic mass is 32.1. The molecule has 0 saturated heterocycles. The van der Waals surface area contributed by atoms with E-state index in [0.717, 1.165) is 11.3 Å². The fourth-order valence-electron chi connectivity index (χ4n) is 1.56. The summed E-state index contributed by atoms with van der Waals surface area (Å²) >= 11 is 1.13. The first-order chi connectivity index (χ1) is 8.81. The number of carbonyl (C=O) groups is 3. The first-order valence-corrected chi connectivity index (χ1v) is 6.82. The molecule has 19 heavy (non-hydrogen) atoms. The number of Topliss-reactive ketones (excluding diaryl/α,β-unsaturated/α-hetero) is 1. The Morgan fingerprint density at radius 2 is 2.00 bits per heavy atom. The Morgan fingerprint density at radius 3 is 2.42 bits per heavy atom. The van der Waals surface area contributed by atoms with Crippen molar-refractivity contribution in [3.63, 3.8) is 0 Å². The molecule has 1 heterocycles. The van der Waals surface area contributed by atoms with Crippen LogP contribution >= 0.6 is 11.3 Å². The average molecular weight is 283 g/mol. The van der Waals surface area contributed by atoms with Crippen LogP contribution in [-0.4, -0.2) is 28.8 Å². The summed E-state index contributed by atoms with van der Waals surface area (Å²) in [7, 11) is 0. The molecule has 0 aliphatic heterocycles. The van der Waals surface area contributed by atoms with Crippen LogP contribution in [-0.2, 0) is 4.79 Å². The van der Waals surface area contributed by atoms with E-state index in [2.05, 4.69) is 5.32 Å². The van der Waals surface area contributed by atoms with E-state index >= 15 is 0 Å². The molecule has 0 aromatic carbocycles. The predicted molar refractivity (Wildman–Crippen MR) is 72.7 cm³/mol. The molecule has 1 amide bonds. The quantitative estimate of drug-likeness (QED) is 0.784. The lowest BCUT2D eigenvalue weighted by Crippen LogP contribution is -2.41. The van der Waals surface area contributed by atoms with Crippen LogP contribution in [0.4, 0.5) is 0 Å². The lowest BCUT2D eigenvalue weighted by molar-refractivity contribution is -0.139. The van der Waals surface area contributed by atoms with Crippen molar-refractivity contribution >= 4 is 29.0 Å². The maximum absolute atomic E-state index is 11.9. The molecule has 0 aliphatic carbocycles. The molecular weight excluding hydrogens is 266 g/mol. The van der Waals surface area contributed by atoms with Crippen molar-refractivity contribution in [1.29, 1.82) is 0 Å². The molecule has 0 fully saturated rings. The van der Waals surface area contributed by atoms with E-state index in [1.807, 2.05) is 13.8 Å². The molecule has 0 bridgehead atoms. The van der Waals surface area contributed by atoms with Gasteiger partial charge in [-0.1, -0.05) is 13.8 Å². The molecular formula is C13H17NO4S. The van der Waals surface area contributed by atoms with Gasteiger partial charge in [0.15, 0.2) is 5.78 Å². The van der Waals surface area contributed by atoms with Crippen LogP contribution in [0.2, 0.25) is 0 Å². The van der Waals surface area contributed by atoms with E-state index in [9.17, 15) is 14.4 Å². The first-order valence-electron chi connectivity index (χ1n) is 5.94. The third-order valence-electron chi connectivity index (χ3n) is 2.54. The Labute approximate surface area is 115 Å². The van der Waals surface area contributed by atoms with Gasteiger partial charge in [-0.2, -0.15) is 0 Å². The Balaban J connectivity index is 2.75. The summed E-state index contributed by atoms with van der Waals surface area (Å²) in [6.07, 6.45) is 0.367. The van der Waals surface area contributed by atoms with Gasteiger partial charge in [0.25, 0.3) is 5.91 Å². The molecule has 1 atom stereocenters. The van der Waals surface area contributed by atoms with Gasteiger partial charge in [0.1, 0.15) is 6.04 Å². The van der Waals surface area contributed by atoms with Gasteiger partial charge >= 0.3 is 5.97 Å². The van der Waals surface area contributed by atoms with Crippen molar-refractivity contribution in [2.45, 2.75) is 33.2 Å². The topological polar surface area (TPSA) is 83.5 Å². The van der Waals surface area contributed by atoms with E-state index in [0.29, 0.717) is 16.9 Å². The molecule has 0 aliphatic rings. The number of nitrogens with one attached hydrogen (secondary N) is 1. The number of carbonyl (C=O) groups excluding carboxylic acids is 2. The number of hydrogen-bond acceptors (Lipinski definition) is 4. The standard InChI is InChI=1S/C13H17NO4S/c1-7(2)4-10(13(17)18)14-12(16)11-5-9(6-19-11)8(3)15/h5-7,10H,4H2,1-3H3,(H,14,16)(H,17,18)/t10-/m0/s1. The number of amides is 1. The molecule has 0 spiro atoms. The molecule has 0 unspecified atom stereocenters. The molecule has 1 aromatic heterocycles. The fourth-order valence-corrected chi connectivity index (χ4v) is 2.41. The van der Waals surface area contributed by atoms with Crippen molar-refractivity contribution in [2.24, 2.45) is 5.92 Å². The summed E-state index contributed by atoms with van der Waals surface area (Å²) in [6, 6.07) is 0.576. The van der Waals surface area contributed by atoms with E-state index in [1.165, 1.54) is 13.0 Å². The number of rotatable bonds is 6. The lowest BCUT2D eigenvalue weighted by Gasteiger charge is -2.15. The number of carboxylic acids is 1. The van der Waals surface area contributed by atoms with Crippen molar-refractivity contribution < 1.29 is 19.5 Å². The van der Waals surface area contributed by atoms with Gasteiger partial charge in [-0.25, -0.2) is 4.79 Å². The zero-order valence-corrected chi connectivity index (χ0v) is 11.9. The molecule has 2 N–H and O–H groups in total. The predicted octanol–water partition coefficient (Wildman–Crippen LogP) is 2.18. The summed E-state index contributed by atoms with van der Waals surface area (Å²) < 4.78 is 0. The maximum Gasteiger partial charge on any atom is 0.326 e. The zero-order valence-electron chi connectivity index (χ0n) is 11.1. The van der Waals surface area contributed by atoms with Crippen LogP contribution in [0.15, 0.2) is 11.4 Å². The van der Waals surface area contributed by atoms with Crippen molar-refractivity contribution in [2.75, 3.05) is 0 Å². The van der Waals surface area contributed by atoms with Gasteiger partial charge in [0, 0.05) is 10.9 Å². The minimum atomic E-state index is -1.05. The SMILES string of the molecule is CC(=O)c1csc(C(=O)N[C@@H](CC(C)C)C(=O)O)c1. The smallest absolute Gasteiger partial charge is 0.326 e. The van der Waals surface area contributed by atoms with Crippen molar-refractivity contribution in [3.8, 4) is 0 Å². The third-order valence-corrected chi connectivity index (χ3v) is 3.47. The van der Waals surface area contributed by atoms with Gasteiger partial charge in [0.2, 0.25) is 0 Å². The van der Waals surface area contributed by atoms with Crippen LogP contribution < -0.4 is 5.32 Å². The Kier molecular flexibility index (Phi) is 5.23. The van der Waals surface area contributed by atoms with Crippen LogP contribution in [0.1, 0.15) is 47.2 Å². The normalized spacial score (nSPS) is 12.2. The summed E-state index contributed by atoms with van der Waals surface area (Å²) in [5.41, 5.74) is 0.464. The van der Waals surface area contributed by atoms with Crippen LogP contribution in [0.25, 0.3) is 0 Å². The van der Waals surface area contributed by atoms with E-state index < -0.39 is 17.9 Å². The van der Waals surface area contributed by atoms with E-state index in [4.69, 9.17) is 5.11 Å². The summed E-state index contributed by atoms with van der Waals surface area (Å²) in [5, 5.41) is 13.1. The minimum absolute atomic E-state index is 0.118. The molecule has 0 saturated carbocycles. The second-order valence-corrected chi connectivity index (χ2v) is 5.66. The largest absolute Gasteiger partial charge is 0.480 e. The molecule has 6 heteroatoms. The summed E-state index contributed by atoms with van der Waals surface area (Å²) in [6.45, 7) is 5.20. The number of carboxylic acid groups (broad SMARTS) is 1. The third kappa shape index (κ3) is 4.48. The number of thiophene rings is 1. The van der Waals surface area contributed by atoms with Crippen LogP contribution in [0.3, 0.4) is 0 Å². The van der Waals surface area contributed by atoms with Crippen LogP contribution in [0.5, 0.6) is 0 Å². The number of aliphatic carboxylic acids is 1. The molecule has 104 valence electrons. The number of ketones is 1. The van der Waals surface area contributed by atoms with Gasteiger partial charge in [-0.05, 0) is 25.3 Å². The molecule has 1 rings (SSSR count). The summed E-state index contributed by atoms with van der Waals surface area (Å²) in [5.74, 6) is -1.46.